The molecule has 0 fully saturated rings. The largest absolute Gasteiger partial charge is 0.348 e. The molecular formula is C13H14ClN3O. The van der Waals surface area contributed by atoms with Gasteiger partial charge in [-0.1, -0.05) is 17.7 Å². The van der Waals surface area contributed by atoms with Gasteiger partial charge in [-0.3, -0.25) is 9.48 Å². The Morgan fingerprint density at radius 1 is 1.50 bits per heavy atom. The van der Waals surface area contributed by atoms with E-state index in [0.717, 1.165) is 11.3 Å². The Morgan fingerprint density at radius 2 is 2.28 bits per heavy atom. The summed E-state index contributed by atoms with van der Waals surface area (Å²) in [7, 11) is 1.87. The van der Waals surface area contributed by atoms with Crippen molar-refractivity contribution in [1.29, 1.82) is 0 Å². The molecule has 0 aliphatic heterocycles. The maximum atomic E-state index is 11.9. The Labute approximate surface area is 111 Å². The van der Waals surface area contributed by atoms with Crippen LogP contribution in [0.25, 0.3) is 0 Å². The van der Waals surface area contributed by atoms with Gasteiger partial charge in [0.2, 0.25) is 0 Å². The normalized spacial score (nSPS) is 10.4. The predicted octanol–water partition coefficient (Wildman–Crippen LogP) is 2.31. The number of hydrogen-bond acceptors (Lipinski definition) is 2. The number of hydrogen-bond donors (Lipinski definition) is 1. The van der Waals surface area contributed by atoms with Crippen LogP contribution in [-0.2, 0) is 13.6 Å². The van der Waals surface area contributed by atoms with Crippen LogP contribution in [0.4, 0.5) is 0 Å². The van der Waals surface area contributed by atoms with E-state index in [2.05, 4.69) is 10.4 Å². The molecule has 5 heteroatoms. The molecule has 18 heavy (non-hydrogen) atoms. The van der Waals surface area contributed by atoms with Crippen LogP contribution in [-0.4, -0.2) is 15.7 Å². The lowest BCUT2D eigenvalue weighted by molar-refractivity contribution is 0.0951. The Kier molecular flexibility index (Phi) is 3.67. The summed E-state index contributed by atoms with van der Waals surface area (Å²) in [5.74, 6) is -0.138. The summed E-state index contributed by atoms with van der Waals surface area (Å²) in [4.78, 5) is 11.9. The number of carbonyl (C=O) groups is 1. The summed E-state index contributed by atoms with van der Waals surface area (Å²) in [6, 6.07) is 6.88. The molecule has 0 spiro atoms. The number of aromatic nitrogens is 2. The van der Waals surface area contributed by atoms with E-state index < -0.39 is 0 Å². The molecule has 4 nitrogen and oxygen atoms in total. The number of amides is 1. The molecule has 1 heterocycles. The van der Waals surface area contributed by atoms with Crippen LogP contribution in [0.1, 0.15) is 21.6 Å². The molecular weight excluding hydrogens is 250 g/mol. The van der Waals surface area contributed by atoms with Crippen molar-refractivity contribution in [2.24, 2.45) is 7.05 Å². The van der Waals surface area contributed by atoms with Gasteiger partial charge < -0.3 is 5.32 Å². The molecule has 0 atom stereocenters. The second-order valence-electron chi connectivity index (χ2n) is 4.07. The standard InChI is InChI=1S/C13H14ClN3O/c1-9-11(8-16-17(9)2)7-15-13(18)10-4-3-5-12(14)6-10/h3-6,8H,7H2,1-2H3,(H,15,18). The number of carbonyl (C=O) groups excluding carboxylic acids is 1. The molecule has 1 aromatic heterocycles. The van der Waals surface area contributed by atoms with Crippen molar-refractivity contribution in [2.75, 3.05) is 0 Å². The molecule has 0 saturated carbocycles. The van der Waals surface area contributed by atoms with Gasteiger partial charge in [0.1, 0.15) is 0 Å². The first-order valence-electron chi connectivity index (χ1n) is 5.59. The van der Waals surface area contributed by atoms with Gasteiger partial charge in [-0.15, -0.1) is 0 Å². The maximum absolute atomic E-state index is 11.9. The van der Waals surface area contributed by atoms with E-state index in [9.17, 15) is 4.79 Å². The summed E-state index contributed by atoms with van der Waals surface area (Å²) in [6.07, 6.45) is 1.76. The summed E-state index contributed by atoms with van der Waals surface area (Å²) >= 11 is 5.84. The maximum Gasteiger partial charge on any atom is 0.251 e. The quantitative estimate of drug-likeness (QED) is 0.924. The highest BCUT2D eigenvalue weighted by atomic mass is 35.5. The van der Waals surface area contributed by atoms with Crippen LogP contribution >= 0.6 is 11.6 Å². The molecule has 0 aliphatic rings. The third kappa shape index (κ3) is 2.71. The van der Waals surface area contributed by atoms with Gasteiger partial charge >= 0.3 is 0 Å². The lowest BCUT2D eigenvalue weighted by Gasteiger charge is -2.05. The van der Waals surface area contributed by atoms with E-state index in [1.165, 1.54) is 0 Å². The molecule has 2 rings (SSSR count). The summed E-state index contributed by atoms with van der Waals surface area (Å²) in [6.45, 7) is 2.43. The van der Waals surface area contributed by atoms with Gasteiger partial charge in [0, 0.05) is 35.4 Å². The Balaban J connectivity index is 2.03. The Bertz CT molecular complexity index is 577. The van der Waals surface area contributed by atoms with E-state index in [1.54, 1.807) is 35.1 Å². The molecule has 0 unspecified atom stereocenters. The average Bonchev–Trinajstić information content (AvgIpc) is 2.67. The van der Waals surface area contributed by atoms with Crippen molar-refractivity contribution >= 4 is 17.5 Å². The monoisotopic (exact) mass is 263 g/mol. The summed E-state index contributed by atoms with van der Waals surface area (Å²) < 4.78 is 1.78. The van der Waals surface area contributed by atoms with Crippen LogP contribution in [0.5, 0.6) is 0 Å². The van der Waals surface area contributed by atoms with Crippen molar-refractivity contribution in [1.82, 2.24) is 15.1 Å². The fourth-order valence-electron chi connectivity index (χ4n) is 1.62. The molecule has 1 amide bonds. The number of aryl methyl sites for hydroxylation is 1. The van der Waals surface area contributed by atoms with Crippen LogP contribution in [0.3, 0.4) is 0 Å². The van der Waals surface area contributed by atoms with Crippen molar-refractivity contribution in [3.05, 3.63) is 52.3 Å². The first-order chi connectivity index (χ1) is 8.58. The van der Waals surface area contributed by atoms with Crippen molar-refractivity contribution in [3.8, 4) is 0 Å². The van der Waals surface area contributed by atoms with Gasteiger partial charge in [-0.2, -0.15) is 5.10 Å². The zero-order chi connectivity index (χ0) is 13.1. The summed E-state index contributed by atoms with van der Waals surface area (Å²) in [5, 5.41) is 7.53. The average molecular weight is 264 g/mol. The number of benzene rings is 1. The van der Waals surface area contributed by atoms with E-state index >= 15 is 0 Å². The fourth-order valence-corrected chi connectivity index (χ4v) is 1.82. The minimum absolute atomic E-state index is 0.138. The number of nitrogens with one attached hydrogen (secondary N) is 1. The minimum atomic E-state index is -0.138. The molecule has 2 aromatic rings. The fraction of sp³-hybridized carbons (Fsp3) is 0.231. The van der Waals surface area contributed by atoms with Crippen molar-refractivity contribution in [3.63, 3.8) is 0 Å². The van der Waals surface area contributed by atoms with Gasteiger partial charge in [0.15, 0.2) is 0 Å². The smallest absolute Gasteiger partial charge is 0.251 e. The van der Waals surface area contributed by atoms with E-state index in [1.807, 2.05) is 14.0 Å². The number of rotatable bonds is 3. The van der Waals surface area contributed by atoms with E-state index in [-0.39, 0.29) is 5.91 Å². The van der Waals surface area contributed by atoms with Crippen LogP contribution in [0.2, 0.25) is 5.02 Å². The molecule has 0 bridgehead atoms. The van der Waals surface area contributed by atoms with E-state index in [4.69, 9.17) is 11.6 Å². The SMILES string of the molecule is Cc1c(CNC(=O)c2cccc(Cl)c2)cnn1C. The molecule has 0 aliphatic carbocycles. The number of halogens is 1. The predicted molar refractivity (Wildman–Crippen MR) is 70.6 cm³/mol. The van der Waals surface area contributed by atoms with Crippen molar-refractivity contribution in [2.45, 2.75) is 13.5 Å². The molecule has 1 N–H and O–H groups in total. The first-order valence-corrected chi connectivity index (χ1v) is 5.97. The van der Waals surface area contributed by atoms with Gasteiger partial charge in [-0.05, 0) is 25.1 Å². The highest BCUT2D eigenvalue weighted by molar-refractivity contribution is 6.30. The molecule has 94 valence electrons. The molecule has 0 saturated heterocycles. The first kappa shape index (κ1) is 12.6. The third-order valence-electron chi connectivity index (χ3n) is 2.86. The van der Waals surface area contributed by atoms with Crippen molar-refractivity contribution < 1.29 is 4.79 Å². The lowest BCUT2D eigenvalue weighted by Crippen LogP contribution is -2.22. The minimum Gasteiger partial charge on any atom is -0.348 e. The van der Waals surface area contributed by atoms with Gasteiger partial charge in [-0.25, -0.2) is 0 Å². The second-order valence-corrected chi connectivity index (χ2v) is 4.51. The lowest BCUT2D eigenvalue weighted by atomic mass is 10.2. The summed E-state index contributed by atoms with van der Waals surface area (Å²) in [5.41, 5.74) is 2.61. The van der Waals surface area contributed by atoms with Crippen LogP contribution < -0.4 is 5.32 Å². The zero-order valence-corrected chi connectivity index (χ0v) is 11.0. The number of nitrogens with zero attached hydrogens (tertiary/aromatic N) is 2. The Morgan fingerprint density at radius 3 is 2.89 bits per heavy atom. The topological polar surface area (TPSA) is 46.9 Å². The highest BCUT2D eigenvalue weighted by Crippen LogP contribution is 2.11. The second kappa shape index (κ2) is 5.23. The van der Waals surface area contributed by atoms with Gasteiger partial charge in [0.05, 0.1) is 6.20 Å². The third-order valence-corrected chi connectivity index (χ3v) is 3.10. The highest BCUT2D eigenvalue weighted by Gasteiger charge is 2.08. The van der Waals surface area contributed by atoms with Gasteiger partial charge in [0.25, 0.3) is 5.91 Å². The van der Waals surface area contributed by atoms with E-state index in [0.29, 0.717) is 17.1 Å². The Hall–Kier alpha value is -1.81. The molecule has 0 radical (unpaired) electrons. The zero-order valence-electron chi connectivity index (χ0n) is 10.3. The van der Waals surface area contributed by atoms with Crippen LogP contribution in [0.15, 0.2) is 30.5 Å². The van der Waals surface area contributed by atoms with Crippen LogP contribution in [0, 0.1) is 6.92 Å². The molecule has 1 aromatic carbocycles.